The van der Waals surface area contributed by atoms with E-state index < -0.39 is 17.3 Å². The van der Waals surface area contributed by atoms with Crippen molar-refractivity contribution in [1.82, 2.24) is 0 Å². The van der Waals surface area contributed by atoms with Crippen molar-refractivity contribution >= 4 is 18.6 Å². The lowest BCUT2D eigenvalue weighted by molar-refractivity contribution is -0.146. The maximum Gasteiger partial charge on any atom is 0.333 e. The zero-order valence-corrected chi connectivity index (χ0v) is 5.30. The first-order chi connectivity index (χ1) is 3.55. The largest absolute Gasteiger partial charge is 0.479 e. The quantitative estimate of drug-likeness (QED) is 0.459. The zero-order valence-electron chi connectivity index (χ0n) is 4.40. The Morgan fingerprint density at radius 1 is 1.75 bits per heavy atom. The number of aliphatic carboxylic acids is 1. The summed E-state index contributed by atoms with van der Waals surface area (Å²) in [5, 5.41) is 16.1. The highest BCUT2D eigenvalue weighted by atomic mass is 32.1. The molecule has 8 heavy (non-hydrogen) atoms. The molecule has 2 N–H and O–H groups in total. The molecule has 0 radical (unpaired) electrons. The lowest BCUT2D eigenvalue weighted by Crippen LogP contribution is -2.27. The minimum absolute atomic E-state index is 0.507. The van der Waals surface area contributed by atoms with Crippen LogP contribution in [0, 0.1) is 0 Å². The van der Waals surface area contributed by atoms with Gasteiger partial charge >= 0.3 is 5.97 Å². The fourth-order valence-electron chi connectivity index (χ4n) is 0.206. The summed E-state index contributed by atoms with van der Waals surface area (Å²) in [7, 11) is 0. The van der Waals surface area contributed by atoms with Gasteiger partial charge in [-0.25, -0.2) is 4.79 Å². The average molecular weight is 136 g/mol. The van der Waals surface area contributed by atoms with Crippen LogP contribution in [0.4, 0.5) is 0 Å². The number of rotatable bonds is 2. The van der Waals surface area contributed by atoms with Crippen molar-refractivity contribution in [2.24, 2.45) is 0 Å². The van der Waals surface area contributed by atoms with Crippen LogP contribution in [0.25, 0.3) is 0 Å². The highest BCUT2D eigenvalue weighted by molar-refractivity contribution is 7.81. The monoisotopic (exact) mass is 136 g/mol. The van der Waals surface area contributed by atoms with Crippen LogP contribution in [-0.4, -0.2) is 27.5 Å². The molecule has 3 nitrogen and oxygen atoms in total. The van der Waals surface area contributed by atoms with Crippen molar-refractivity contribution in [3.05, 3.63) is 0 Å². The lowest BCUT2D eigenvalue weighted by Gasteiger charge is -2.05. The highest BCUT2D eigenvalue weighted by Crippen LogP contribution is 1.99. The maximum atomic E-state index is 9.84. The minimum Gasteiger partial charge on any atom is -0.479 e. The van der Waals surface area contributed by atoms with Crippen molar-refractivity contribution in [2.75, 3.05) is 0 Å². The van der Waals surface area contributed by atoms with Gasteiger partial charge in [0.15, 0.2) is 6.10 Å². The van der Waals surface area contributed by atoms with Crippen LogP contribution in [0.1, 0.15) is 6.92 Å². The van der Waals surface area contributed by atoms with E-state index in [1.165, 1.54) is 6.92 Å². The second-order valence-electron chi connectivity index (χ2n) is 1.52. The first-order valence-electron chi connectivity index (χ1n) is 2.14. The molecule has 0 aromatic rings. The van der Waals surface area contributed by atoms with Gasteiger partial charge in [0, 0.05) is 5.25 Å². The van der Waals surface area contributed by atoms with Gasteiger partial charge in [0.05, 0.1) is 0 Å². The minimum atomic E-state index is -1.35. The van der Waals surface area contributed by atoms with Crippen LogP contribution >= 0.6 is 12.6 Å². The van der Waals surface area contributed by atoms with Crippen molar-refractivity contribution in [3.8, 4) is 0 Å². The molecule has 0 bridgehead atoms. The number of aliphatic hydroxyl groups excluding tert-OH is 1. The second kappa shape index (κ2) is 2.94. The van der Waals surface area contributed by atoms with Crippen LogP contribution in [-0.2, 0) is 4.79 Å². The van der Waals surface area contributed by atoms with Gasteiger partial charge in [0.25, 0.3) is 0 Å². The molecule has 48 valence electrons. The standard InChI is InChI=1S/C4H8O3S/c1-2(8)3(5)4(6)7/h2-3,5,8H,1H3,(H,6,7). The van der Waals surface area contributed by atoms with Crippen LogP contribution in [0.2, 0.25) is 0 Å². The molecular weight excluding hydrogens is 128 g/mol. The van der Waals surface area contributed by atoms with E-state index in [9.17, 15) is 4.79 Å². The van der Waals surface area contributed by atoms with E-state index in [1.54, 1.807) is 0 Å². The van der Waals surface area contributed by atoms with E-state index in [0.29, 0.717) is 0 Å². The number of carboxylic acids is 1. The van der Waals surface area contributed by atoms with Gasteiger partial charge in [0.2, 0.25) is 0 Å². The molecule has 0 aliphatic carbocycles. The molecule has 0 aromatic heterocycles. The Balaban J connectivity index is 3.64. The molecule has 0 heterocycles. The van der Waals surface area contributed by atoms with Gasteiger partial charge < -0.3 is 10.2 Å². The Morgan fingerprint density at radius 3 is 2.12 bits per heavy atom. The van der Waals surface area contributed by atoms with Crippen molar-refractivity contribution in [1.29, 1.82) is 0 Å². The predicted molar refractivity (Wildman–Crippen MR) is 32.1 cm³/mol. The number of carbonyl (C=O) groups is 1. The highest BCUT2D eigenvalue weighted by Gasteiger charge is 2.17. The van der Waals surface area contributed by atoms with Gasteiger partial charge in [-0.15, -0.1) is 0 Å². The number of thiol groups is 1. The Kier molecular flexibility index (Phi) is 2.86. The Labute approximate surface area is 52.7 Å². The molecule has 2 unspecified atom stereocenters. The van der Waals surface area contributed by atoms with Crippen molar-refractivity contribution in [3.63, 3.8) is 0 Å². The molecule has 0 spiro atoms. The molecule has 0 rings (SSSR count). The van der Waals surface area contributed by atoms with Crippen LogP contribution in [0.5, 0.6) is 0 Å². The Morgan fingerprint density at radius 2 is 2.12 bits per heavy atom. The summed E-state index contributed by atoms with van der Waals surface area (Å²) in [5.41, 5.74) is 0. The third kappa shape index (κ3) is 2.18. The summed E-state index contributed by atoms with van der Waals surface area (Å²) < 4.78 is 0. The fourth-order valence-corrected chi connectivity index (χ4v) is 0.334. The topological polar surface area (TPSA) is 57.5 Å². The van der Waals surface area contributed by atoms with E-state index >= 15 is 0 Å². The molecule has 4 heteroatoms. The van der Waals surface area contributed by atoms with E-state index in [4.69, 9.17) is 10.2 Å². The molecule has 0 aliphatic rings. The fraction of sp³-hybridized carbons (Fsp3) is 0.750. The Bertz CT molecular complexity index is 91.3. The molecule has 0 fully saturated rings. The van der Waals surface area contributed by atoms with Crippen molar-refractivity contribution in [2.45, 2.75) is 18.3 Å². The van der Waals surface area contributed by atoms with Crippen LogP contribution in [0.15, 0.2) is 0 Å². The van der Waals surface area contributed by atoms with Gasteiger partial charge in [-0.05, 0) is 0 Å². The number of hydrogen-bond donors (Lipinski definition) is 3. The summed E-state index contributed by atoms with van der Waals surface area (Å²) in [6.07, 6.45) is -1.35. The van der Waals surface area contributed by atoms with Gasteiger partial charge in [-0.1, -0.05) is 6.92 Å². The van der Waals surface area contributed by atoms with Crippen molar-refractivity contribution < 1.29 is 15.0 Å². The molecule has 2 atom stereocenters. The lowest BCUT2D eigenvalue weighted by atomic mass is 10.3. The number of hydrogen-bond acceptors (Lipinski definition) is 3. The average Bonchev–Trinajstić information content (AvgIpc) is 1.64. The van der Waals surface area contributed by atoms with Crippen LogP contribution < -0.4 is 0 Å². The molecular formula is C4H8O3S. The Hall–Kier alpha value is -0.220. The van der Waals surface area contributed by atoms with E-state index in [0.717, 1.165) is 0 Å². The maximum absolute atomic E-state index is 9.84. The molecule has 0 saturated heterocycles. The van der Waals surface area contributed by atoms with E-state index in [2.05, 4.69) is 12.6 Å². The van der Waals surface area contributed by atoms with Gasteiger partial charge in [-0.2, -0.15) is 12.6 Å². The van der Waals surface area contributed by atoms with E-state index in [-0.39, 0.29) is 0 Å². The number of carboxylic acid groups (broad SMARTS) is 1. The van der Waals surface area contributed by atoms with E-state index in [1.807, 2.05) is 0 Å². The normalized spacial score (nSPS) is 17.4. The summed E-state index contributed by atoms with van der Waals surface area (Å²) in [4.78, 5) is 9.84. The smallest absolute Gasteiger partial charge is 0.333 e. The summed E-state index contributed by atoms with van der Waals surface area (Å²) in [6, 6.07) is 0. The summed E-state index contributed by atoms with van der Waals surface area (Å²) in [6.45, 7) is 1.52. The number of aliphatic hydroxyl groups is 1. The molecule has 0 amide bonds. The third-order valence-electron chi connectivity index (χ3n) is 0.710. The zero-order chi connectivity index (χ0) is 6.73. The molecule has 0 aliphatic heterocycles. The first kappa shape index (κ1) is 7.78. The van der Waals surface area contributed by atoms with Crippen LogP contribution in [0.3, 0.4) is 0 Å². The second-order valence-corrected chi connectivity index (χ2v) is 2.34. The first-order valence-corrected chi connectivity index (χ1v) is 2.66. The summed E-state index contributed by atoms with van der Waals surface area (Å²) in [5.74, 6) is -1.23. The third-order valence-corrected chi connectivity index (χ3v) is 0.992. The summed E-state index contributed by atoms with van der Waals surface area (Å²) >= 11 is 3.70. The van der Waals surface area contributed by atoms with Gasteiger partial charge in [-0.3, -0.25) is 0 Å². The predicted octanol–water partition coefficient (Wildman–Crippen LogP) is -0.250. The van der Waals surface area contributed by atoms with Gasteiger partial charge in [0.1, 0.15) is 0 Å². The molecule has 0 saturated carbocycles. The SMILES string of the molecule is CC(S)C(O)C(=O)O. The molecule has 0 aromatic carbocycles.